The van der Waals surface area contributed by atoms with E-state index in [1.165, 1.54) is 11.9 Å². The Hall–Kier alpha value is -2.96. The average molecular weight is 364 g/mol. The molecule has 1 aliphatic heterocycles. The number of aryl methyl sites for hydroxylation is 2. The van der Waals surface area contributed by atoms with Crippen LogP contribution in [-0.4, -0.2) is 38.6 Å². The van der Waals surface area contributed by atoms with Gasteiger partial charge >= 0.3 is 0 Å². The molecule has 0 bridgehead atoms. The summed E-state index contributed by atoms with van der Waals surface area (Å²) in [4.78, 5) is 23.5. The molecule has 1 saturated heterocycles. The van der Waals surface area contributed by atoms with E-state index in [9.17, 15) is 4.79 Å². The van der Waals surface area contributed by atoms with Crippen LogP contribution < -0.4 is 10.2 Å². The van der Waals surface area contributed by atoms with E-state index >= 15 is 0 Å². The number of carbonyl (C=O) groups is 1. The van der Waals surface area contributed by atoms with Gasteiger partial charge in [0.2, 0.25) is 5.91 Å². The van der Waals surface area contributed by atoms with Crippen molar-refractivity contribution in [1.29, 1.82) is 0 Å². The maximum atomic E-state index is 12.7. The van der Waals surface area contributed by atoms with Crippen molar-refractivity contribution >= 4 is 17.5 Å². The Balaban J connectivity index is 1.45. The molecule has 2 aromatic heterocycles. The fourth-order valence-electron chi connectivity index (χ4n) is 3.58. The second-order valence-electron chi connectivity index (χ2n) is 7.22. The van der Waals surface area contributed by atoms with Crippen molar-refractivity contribution in [2.75, 3.05) is 18.0 Å². The molecule has 0 saturated carbocycles. The lowest BCUT2D eigenvalue weighted by Gasteiger charge is -2.33. The Morgan fingerprint density at radius 1 is 1.26 bits per heavy atom. The second kappa shape index (κ2) is 7.34. The van der Waals surface area contributed by atoms with Gasteiger partial charge in [0, 0.05) is 31.4 Å². The Morgan fingerprint density at radius 2 is 2.07 bits per heavy atom. The molecule has 1 fully saturated rings. The van der Waals surface area contributed by atoms with Crippen LogP contribution in [-0.2, 0) is 11.3 Å². The number of fused-ring (bicyclic) bond motifs is 1. The topological polar surface area (TPSA) is 75.4 Å². The van der Waals surface area contributed by atoms with Gasteiger partial charge in [-0.05, 0) is 32.3 Å². The van der Waals surface area contributed by atoms with Crippen LogP contribution in [0.2, 0.25) is 0 Å². The first-order valence-corrected chi connectivity index (χ1v) is 9.36. The lowest BCUT2D eigenvalue weighted by Crippen LogP contribution is -2.43. The standard InChI is InChI=1S/C20H24N6O/c1-14-5-7-16(8-6-14)11-21-19(27)17-4-3-9-25(12-17)18-10-15(2)24-20-22-13-23-26(18)20/h5-8,10,13,17H,3-4,9,11-12H2,1-2H3,(H,21,27). The highest BCUT2D eigenvalue weighted by molar-refractivity contribution is 5.79. The Labute approximate surface area is 158 Å². The van der Waals surface area contributed by atoms with Crippen molar-refractivity contribution in [3.63, 3.8) is 0 Å². The molecule has 140 valence electrons. The number of aromatic nitrogens is 4. The minimum Gasteiger partial charge on any atom is -0.356 e. The van der Waals surface area contributed by atoms with Crippen molar-refractivity contribution in [1.82, 2.24) is 24.9 Å². The van der Waals surface area contributed by atoms with Crippen molar-refractivity contribution in [3.05, 3.63) is 53.5 Å². The van der Waals surface area contributed by atoms with Gasteiger partial charge in [0.15, 0.2) is 0 Å². The van der Waals surface area contributed by atoms with Crippen molar-refractivity contribution in [2.24, 2.45) is 5.92 Å². The summed E-state index contributed by atoms with van der Waals surface area (Å²) in [5.41, 5.74) is 3.24. The third-order valence-corrected chi connectivity index (χ3v) is 5.06. The van der Waals surface area contributed by atoms with Crippen LogP contribution in [0.4, 0.5) is 5.82 Å². The summed E-state index contributed by atoms with van der Waals surface area (Å²) in [7, 11) is 0. The highest BCUT2D eigenvalue weighted by Crippen LogP contribution is 2.24. The van der Waals surface area contributed by atoms with Crippen molar-refractivity contribution in [2.45, 2.75) is 33.2 Å². The number of carbonyl (C=O) groups excluding carboxylic acids is 1. The number of rotatable bonds is 4. The van der Waals surface area contributed by atoms with Gasteiger partial charge < -0.3 is 10.2 Å². The minimum absolute atomic E-state index is 0.0313. The van der Waals surface area contributed by atoms with Gasteiger partial charge in [-0.2, -0.15) is 14.6 Å². The number of hydrogen-bond donors (Lipinski definition) is 1. The monoisotopic (exact) mass is 364 g/mol. The van der Waals surface area contributed by atoms with E-state index in [0.29, 0.717) is 18.9 Å². The maximum absolute atomic E-state index is 12.7. The summed E-state index contributed by atoms with van der Waals surface area (Å²) in [6, 6.07) is 10.3. The molecule has 1 N–H and O–H groups in total. The molecule has 0 aliphatic carbocycles. The van der Waals surface area contributed by atoms with Gasteiger partial charge in [-0.15, -0.1) is 0 Å². The van der Waals surface area contributed by atoms with E-state index in [2.05, 4.69) is 56.5 Å². The van der Waals surface area contributed by atoms with Crippen LogP contribution in [0, 0.1) is 19.8 Å². The van der Waals surface area contributed by atoms with Crippen LogP contribution in [0.15, 0.2) is 36.7 Å². The molecule has 7 nitrogen and oxygen atoms in total. The summed E-state index contributed by atoms with van der Waals surface area (Å²) in [6.45, 7) is 6.16. The zero-order chi connectivity index (χ0) is 18.8. The smallest absolute Gasteiger partial charge is 0.254 e. The Kier molecular flexibility index (Phi) is 4.75. The van der Waals surface area contributed by atoms with E-state index in [0.717, 1.165) is 36.5 Å². The molecule has 0 radical (unpaired) electrons. The molecule has 1 aliphatic rings. The Morgan fingerprint density at radius 3 is 2.89 bits per heavy atom. The van der Waals surface area contributed by atoms with Gasteiger partial charge in [0.05, 0.1) is 5.92 Å². The molecule has 1 unspecified atom stereocenters. The first kappa shape index (κ1) is 17.5. The largest absolute Gasteiger partial charge is 0.356 e. The number of anilines is 1. The van der Waals surface area contributed by atoms with Gasteiger partial charge in [-0.25, -0.2) is 4.98 Å². The molecule has 0 spiro atoms. The van der Waals surface area contributed by atoms with E-state index in [1.807, 2.05) is 13.0 Å². The van der Waals surface area contributed by atoms with Gasteiger partial charge in [0.25, 0.3) is 5.78 Å². The quantitative estimate of drug-likeness (QED) is 0.769. The first-order chi connectivity index (χ1) is 13.1. The van der Waals surface area contributed by atoms with Crippen LogP contribution in [0.3, 0.4) is 0 Å². The SMILES string of the molecule is Cc1ccc(CNC(=O)C2CCCN(c3cc(C)nc4ncnn34)C2)cc1. The van der Waals surface area contributed by atoms with Crippen molar-refractivity contribution < 1.29 is 4.79 Å². The molecule has 1 atom stereocenters. The molecular weight excluding hydrogens is 340 g/mol. The third-order valence-electron chi connectivity index (χ3n) is 5.06. The fraction of sp³-hybridized carbons (Fsp3) is 0.400. The zero-order valence-electron chi connectivity index (χ0n) is 15.7. The molecular formula is C20H24N6O. The molecule has 4 rings (SSSR count). The van der Waals surface area contributed by atoms with Crippen molar-refractivity contribution in [3.8, 4) is 0 Å². The summed E-state index contributed by atoms with van der Waals surface area (Å²) >= 11 is 0. The van der Waals surface area contributed by atoms with E-state index < -0.39 is 0 Å². The summed E-state index contributed by atoms with van der Waals surface area (Å²) < 4.78 is 1.75. The summed E-state index contributed by atoms with van der Waals surface area (Å²) in [6.07, 6.45) is 3.39. The van der Waals surface area contributed by atoms with Crippen LogP contribution in [0.25, 0.3) is 5.78 Å². The highest BCUT2D eigenvalue weighted by Gasteiger charge is 2.27. The molecule has 7 heteroatoms. The number of nitrogens with one attached hydrogen (secondary N) is 1. The molecule has 3 heterocycles. The minimum atomic E-state index is -0.0313. The number of benzene rings is 1. The van der Waals surface area contributed by atoms with Crippen LogP contribution in [0.1, 0.15) is 29.7 Å². The normalized spacial score (nSPS) is 17.3. The summed E-state index contributed by atoms with van der Waals surface area (Å²) in [5.74, 6) is 1.62. The lowest BCUT2D eigenvalue weighted by atomic mass is 9.97. The first-order valence-electron chi connectivity index (χ1n) is 9.36. The zero-order valence-corrected chi connectivity index (χ0v) is 15.7. The van der Waals surface area contributed by atoms with Gasteiger partial charge in [0.1, 0.15) is 12.1 Å². The van der Waals surface area contributed by atoms with Gasteiger partial charge in [-0.3, -0.25) is 4.79 Å². The predicted molar refractivity (Wildman–Crippen MR) is 103 cm³/mol. The number of hydrogen-bond acceptors (Lipinski definition) is 5. The number of amides is 1. The van der Waals surface area contributed by atoms with Crippen LogP contribution in [0.5, 0.6) is 0 Å². The average Bonchev–Trinajstić information content (AvgIpc) is 3.15. The van der Waals surface area contributed by atoms with Gasteiger partial charge in [-0.1, -0.05) is 29.8 Å². The highest BCUT2D eigenvalue weighted by atomic mass is 16.1. The fourth-order valence-corrected chi connectivity index (χ4v) is 3.58. The molecule has 27 heavy (non-hydrogen) atoms. The predicted octanol–water partition coefficient (Wildman–Crippen LogP) is 2.27. The summed E-state index contributed by atoms with van der Waals surface area (Å²) in [5, 5.41) is 7.38. The second-order valence-corrected chi connectivity index (χ2v) is 7.22. The number of nitrogens with zero attached hydrogens (tertiary/aromatic N) is 5. The molecule has 1 aromatic carbocycles. The lowest BCUT2D eigenvalue weighted by molar-refractivity contribution is -0.125. The van der Waals surface area contributed by atoms with Crippen LogP contribution >= 0.6 is 0 Å². The molecule has 3 aromatic rings. The maximum Gasteiger partial charge on any atom is 0.254 e. The van der Waals surface area contributed by atoms with E-state index in [-0.39, 0.29) is 11.8 Å². The third kappa shape index (κ3) is 3.77. The number of piperidine rings is 1. The Bertz CT molecular complexity index is 949. The van der Waals surface area contributed by atoms with E-state index in [4.69, 9.17) is 0 Å². The molecule has 1 amide bonds. The van der Waals surface area contributed by atoms with E-state index in [1.54, 1.807) is 4.52 Å².